The molecule has 0 spiro atoms. The maximum absolute atomic E-state index is 11.7. The fourth-order valence-corrected chi connectivity index (χ4v) is 2.53. The van der Waals surface area contributed by atoms with Crippen LogP contribution in [-0.4, -0.2) is 40.5 Å². The van der Waals surface area contributed by atoms with Gasteiger partial charge in [0.15, 0.2) is 0 Å². The Morgan fingerprint density at radius 3 is 2.50 bits per heavy atom. The van der Waals surface area contributed by atoms with Gasteiger partial charge in [-0.25, -0.2) is 4.79 Å². The number of alkyl carbamates (subject to hydrolysis) is 1. The van der Waals surface area contributed by atoms with Gasteiger partial charge in [0, 0.05) is 30.1 Å². The lowest BCUT2D eigenvalue weighted by molar-refractivity contribution is 0.0525. The van der Waals surface area contributed by atoms with Crippen molar-refractivity contribution in [2.45, 2.75) is 52.2 Å². The van der Waals surface area contributed by atoms with Gasteiger partial charge < -0.3 is 19.9 Å². The van der Waals surface area contributed by atoms with E-state index in [1.54, 1.807) is 26.2 Å². The second kappa shape index (κ2) is 11.4. The van der Waals surface area contributed by atoms with Crippen LogP contribution in [0.4, 0.5) is 4.79 Å². The van der Waals surface area contributed by atoms with Gasteiger partial charge in [0.2, 0.25) is 0 Å². The van der Waals surface area contributed by atoms with E-state index in [-0.39, 0.29) is 0 Å². The molecule has 0 saturated carbocycles. The number of aliphatic hydroxyl groups is 1. The third-order valence-electron chi connectivity index (χ3n) is 3.93. The minimum Gasteiger partial charge on any atom is -0.493 e. The number of amides is 1. The van der Waals surface area contributed by atoms with E-state index in [9.17, 15) is 9.90 Å². The third-order valence-corrected chi connectivity index (χ3v) is 3.93. The Hall–Kier alpha value is -3.30. The maximum Gasteiger partial charge on any atom is 0.407 e. The third kappa shape index (κ3) is 10.1. The Bertz CT molecular complexity index is 975. The zero-order chi connectivity index (χ0) is 23.6. The molecule has 170 valence electrons. The lowest BCUT2D eigenvalue weighted by Gasteiger charge is -2.19. The molecule has 1 heterocycles. The van der Waals surface area contributed by atoms with E-state index < -0.39 is 17.3 Å². The molecule has 0 saturated heterocycles. The lowest BCUT2D eigenvalue weighted by atomic mass is 10.1. The molecule has 1 aromatic carbocycles. The number of ether oxygens (including phenoxy) is 2. The molecule has 0 unspecified atom stereocenters. The van der Waals surface area contributed by atoms with Crippen LogP contribution in [-0.2, 0) is 4.74 Å². The molecular weight excluding hydrogens is 404 g/mol. The summed E-state index contributed by atoms with van der Waals surface area (Å²) in [6.07, 6.45) is 7.60. The summed E-state index contributed by atoms with van der Waals surface area (Å²) in [6.45, 7) is 9.65. The number of nitrogens with zero attached hydrogens (tertiary/aromatic N) is 1. The summed E-state index contributed by atoms with van der Waals surface area (Å²) in [4.78, 5) is 15.7. The molecule has 2 rings (SSSR count). The molecule has 0 fully saturated rings. The van der Waals surface area contributed by atoms with Gasteiger partial charge in [-0.2, -0.15) is 0 Å². The van der Waals surface area contributed by atoms with Gasteiger partial charge in [0.25, 0.3) is 0 Å². The van der Waals surface area contributed by atoms with Crippen LogP contribution in [0.1, 0.15) is 57.7 Å². The monoisotopic (exact) mass is 436 g/mol. The molecule has 0 aliphatic carbocycles. The first-order valence-electron chi connectivity index (χ1n) is 10.6. The SMILES string of the molecule is CC(C)(O)C#Cc1ccc(OCCCNC(=O)OC(C)(C)C)c(/C=C/c2ccncc2)c1. The number of hydrogen-bond donors (Lipinski definition) is 2. The van der Waals surface area contributed by atoms with Crippen LogP contribution < -0.4 is 10.1 Å². The number of hydrogen-bond acceptors (Lipinski definition) is 5. The molecule has 32 heavy (non-hydrogen) atoms. The minimum atomic E-state index is -1.07. The largest absolute Gasteiger partial charge is 0.493 e. The van der Waals surface area contributed by atoms with Gasteiger partial charge in [-0.05, 0) is 76.9 Å². The number of benzene rings is 1. The Morgan fingerprint density at radius 2 is 1.84 bits per heavy atom. The number of pyridine rings is 1. The summed E-state index contributed by atoms with van der Waals surface area (Å²) in [6, 6.07) is 9.47. The number of nitrogens with one attached hydrogen (secondary N) is 1. The smallest absolute Gasteiger partial charge is 0.407 e. The topological polar surface area (TPSA) is 80.7 Å². The zero-order valence-electron chi connectivity index (χ0n) is 19.4. The highest BCUT2D eigenvalue weighted by Gasteiger charge is 2.15. The van der Waals surface area contributed by atoms with E-state index in [2.05, 4.69) is 22.1 Å². The zero-order valence-corrected chi connectivity index (χ0v) is 19.4. The van der Waals surface area contributed by atoms with E-state index >= 15 is 0 Å². The molecule has 2 aromatic rings. The van der Waals surface area contributed by atoms with E-state index in [1.807, 2.05) is 63.3 Å². The van der Waals surface area contributed by atoms with Gasteiger partial charge in [0.05, 0.1) is 6.61 Å². The summed E-state index contributed by atoms with van der Waals surface area (Å²) < 4.78 is 11.2. The number of aromatic nitrogens is 1. The highest BCUT2D eigenvalue weighted by molar-refractivity contribution is 5.73. The van der Waals surface area contributed by atoms with Crippen molar-refractivity contribution in [3.05, 3.63) is 59.4 Å². The van der Waals surface area contributed by atoms with Crippen molar-refractivity contribution >= 4 is 18.2 Å². The quantitative estimate of drug-likeness (QED) is 0.487. The molecule has 1 aromatic heterocycles. The summed E-state index contributed by atoms with van der Waals surface area (Å²) >= 11 is 0. The molecule has 1 amide bonds. The summed E-state index contributed by atoms with van der Waals surface area (Å²) in [5, 5.41) is 12.6. The van der Waals surface area contributed by atoms with Gasteiger partial charge in [-0.15, -0.1) is 0 Å². The Kier molecular flexibility index (Phi) is 8.86. The van der Waals surface area contributed by atoms with Crippen LogP contribution in [0.3, 0.4) is 0 Å². The van der Waals surface area contributed by atoms with Crippen molar-refractivity contribution in [3.8, 4) is 17.6 Å². The minimum absolute atomic E-state index is 0.431. The van der Waals surface area contributed by atoms with Gasteiger partial charge >= 0.3 is 6.09 Å². The summed E-state index contributed by atoms with van der Waals surface area (Å²) in [7, 11) is 0. The lowest BCUT2D eigenvalue weighted by Crippen LogP contribution is -2.33. The highest BCUT2D eigenvalue weighted by Crippen LogP contribution is 2.23. The first kappa shape index (κ1) is 25.0. The second-order valence-electron chi connectivity index (χ2n) is 8.81. The van der Waals surface area contributed by atoms with E-state index in [1.165, 1.54) is 0 Å². The standard InChI is InChI=1S/C26H32N2O4/c1-25(2,3)32-24(29)28-15-6-18-31-23-10-8-21(11-14-26(4,5)30)19-22(23)9-7-20-12-16-27-17-13-20/h7-10,12-13,16-17,19,30H,6,15,18H2,1-5H3,(H,28,29)/b9-7+. The van der Waals surface area contributed by atoms with Gasteiger partial charge in [-0.3, -0.25) is 4.98 Å². The van der Waals surface area contributed by atoms with E-state index in [0.29, 0.717) is 25.3 Å². The number of rotatable bonds is 7. The average Bonchev–Trinajstić information content (AvgIpc) is 2.70. The first-order chi connectivity index (χ1) is 15.0. The highest BCUT2D eigenvalue weighted by atomic mass is 16.6. The summed E-state index contributed by atoms with van der Waals surface area (Å²) in [5.74, 6) is 6.53. The molecule has 0 bridgehead atoms. The van der Waals surface area contributed by atoms with Crippen molar-refractivity contribution < 1.29 is 19.4 Å². The Labute approximate surface area is 190 Å². The van der Waals surface area contributed by atoms with Crippen LogP contribution in [0.25, 0.3) is 12.2 Å². The molecule has 2 N–H and O–H groups in total. The average molecular weight is 437 g/mol. The van der Waals surface area contributed by atoms with Crippen molar-refractivity contribution in [3.63, 3.8) is 0 Å². The number of carbonyl (C=O) groups is 1. The van der Waals surface area contributed by atoms with Crippen molar-refractivity contribution in [1.82, 2.24) is 10.3 Å². The van der Waals surface area contributed by atoms with Crippen LogP contribution >= 0.6 is 0 Å². The normalized spacial score (nSPS) is 11.6. The summed E-state index contributed by atoms with van der Waals surface area (Å²) in [5.41, 5.74) is 1.07. The fraction of sp³-hybridized carbons (Fsp3) is 0.385. The molecule has 0 aliphatic heterocycles. The Morgan fingerprint density at radius 1 is 1.12 bits per heavy atom. The molecule has 0 aliphatic rings. The van der Waals surface area contributed by atoms with Crippen LogP contribution in [0.15, 0.2) is 42.7 Å². The fourth-order valence-electron chi connectivity index (χ4n) is 2.53. The van der Waals surface area contributed by atoms with Gasteiger partial charge in [-0.1, -0.05) is 24.0 Å². The van der Waals surface area contributed by atoms with Crippen LogP contribution in [0.2, 0.25) is 0 Å². The second-order valence-corrected chi connectivity index (χ2v) is 8.81. The molecule has 6 nitrogen and oxygen atoms in total. The van der Waals surface area contributed by atoms with E-state index in [0.717, 1.165) is 16.7 Å². The molecule has 0 radical (unpaired) electrons. The molecule has 0 atom stereocenters. The van der Waals surface area contributed by atoms with Crippen molar-refractivity contribution in [2.75, 3.05) is 13.2 Å². The first-order valence-corrected chi connectivity index (χ1v) is 10.6. The van der Waals surface area contributed by atoms with Crippen LogP contribution in [0, 0.1) is 11.8 Å². The number of carbonyl (C=O) groups excluding carboxylic acids is 1. The molecular formula is C26H32N2O4. The van der Waals surface area contributed by atoms with Crippen molar-refractivity contribution in [2.24, 2.45) is 0 Å². The van der Waals surface area contributed by atoms with Crippen LogP contribution in [0.5, 0.6) is 5.75 Å². The predicted octanol–water partition coefficient (Wildman–Crippen LogP) is 4.67. The predicted molar refractivity (Wildman–Crippen MR) is 127 cm³/mol. The van der Waals surface area contributed by atoms with Crippen molar-refractivity contribution in [1.29, 1.82) is 0 Å². The maximum atomic E-state index is 11.7. The Balaban J connectivity index is 2.05. The van der Waals surface area contributed by atoms with E-state index in [4.69, 9.17) is 9.47 Å². The van der Waals surface area contributed by atoms with Gasteiger partial charge in [0.1, 0.15) is 17.0 Å². The molecule has 6 heteroatoms.